The molecule has 0 aliphatic rings. The van der Waals surface area contributed by atoms with Crippen molar-refractivity contribution in [2.75, 3.05) is 18.5 Å². The van der Waals surface area contributed by atoms with E-state index in [-0.39, 0.29) is 17.7 Å². The first kappa shape index (κ1) is 14.8. The van der Waals surface area contributed by atoms with Gasteiger partial charge >= 0.3 is 5.97 Å². The molecule has 7 heteroatoms. The molecule has 2 rings (SSSR count). The van der Waals surface area contributed by atoms with Crippen LogP contribution in [-0.2, 0) is 6.54 Å². The van der Waals surface area contributed by atoms with Gasteiger partial charge in [-0.1, -0.05) is 6.92 Å². The van der Waals surface area contributed by atoms with E-state index in [0.717, 1.165) is 24.9 Å². The van der Waals surface area contributed by atoms with Crippen LogP contribution in [0.2, 0.25) is 0 Å². The van der Waals surface area contributed by atoms with Crippen molar-refractivity contribution in [3.8, 4) is 0 Å². The van der Waals surface area contributed by atoms with Crippen LogP contribution in [0.5, 0.6) is 0 Å². The molecular formula is C14H17N3O4. The summed E-state index contributed by atoms with van der Waals surface area (Å²) in [7, 11) is 1.90. The Labute approximate surface area is 121 Å². The fourth-order valence-electron chi connectivity index (χ4n) is 1.94. The molecule has 0 atom stereocenters. The van der Waals surface area contributed by atoms with E-state index in [1.807, 2.05) is 11.9 Å². The molecule has 0 spiro atoms. The molecule has 0 amide bonds. The molecular weight excluding hydrogens is 274 g/mol. The highest BCUT2D eigenvalue weighted by Gasteiger charge is 2.10. The van der Waals surface area contributed by atoms with Crippen molar-refractivity contribution >= 4 is 11.7 Å². The number of anilines is 1. The molecule has 0 bridgehead atoms. The zero-order valence-corrected chi connectivity index (χ0v) is 11.9. The third-order valence-corrected chi connectivity index (χ3v) is 3.06. The summed E-state index contributed by atoms with van der Waals surface area (Å²) in [6, 6.07) is 2.89. The van der Waals surface area contributed by atoms with Crippen molar-refractivity contribution < 1.29 is 14.3 Å². The smallest absolute Gasteiger partial charge is 0.338 e. The SMILES string of the molecule is CCCN(C)c1cnn(Cc2cc(C(=O)O)co2)c(=O)c1. The second-order valence-electron chi connectivity index (χ2n) is 4.74. The van der Waals surface area contributed by atoms with Gasteiger partial charge in [0.25, 0.3) is 5.56 Å². The van der Waals surface area contributed by atoms with E-state index in [1.54, 1.807) is 6.20 Å². The van der Waals surface area contributed by atoms with Gasteiger partial charge in [-0.05, 0) is 12.5 Å². The third kappa shape index (κ3) is 3.50. The van der Waals surface area contributed by atoms with Gasteiger partial charge in [0, 0.05) is 19.7 Å². The van der Waals surface area contributed by atoms with Crippen molar-refractivity contribution in [1.29, 1.82) is 0 Å². The zero-order chi connectivity index (χ0) is 15.4. The predicted molar refractivity (Wildman–Crippen MR) is 76.8 cm³/mol. The summed E-state index contributed by atoms with van der Waals surface area (Å²) in [5.74, 6) is -0.696. The number of hydrogen-bond acceptors (Lipinski definition) is 5. The molecule has 0 radical (unpaired) electrons. The highest BCUT2D eigenvalue weighted by atomic mass is 16.4. The molecule has 0 aliphatic carbocycles. The number of carboxylic acid groups (broad SMARTS) is 1. The maximum absolute atomic E-state index is 12.0. The van der Waals surface area contributed by atoms with Crippen LogP contribution in [0.15, 0.2) is 33.8 Å². The molecule has 2 heterocycles. The molecule has 2 aromatic heterocycles. The Balaban J connectivity index is 2.17. The number of carboxylic acids is 1. The molecule has 0 unspecified atom stereocenters. The van der Waals surface area contributed by atoms with Gasteiger partial charge < -0.3 is 14.4 Å². The second kappa shape index (κ2) is 6.25. The first-order valence-corrected chi connectivity index (χ1v) is 6.60. The van der Waals surface area contributed by atoms with Gasteiger partial charge in [-0.2, -0.15) is 5.10 Å². The fourth-order valence-corrected chi connectivity index (χ4v) is 1.94. The Morgan fingerprint density at radius 1 is 1.48 bits per heavy atom. The largest absolute Gasteiger partial charge is 0.478 e. The fraction of sp³-hybridized carbons (Fsp3) is 0.357. The highest BCUT2D eigenvalue weighted by molar-refractivity contribution is 5.87. The molecule has 21 heavy (non-hydrogen) atoms. The monoisotopic (exact) mass is 291 g/mol. The average molecular weight is 291 g/mol. The topological polar surface area (TPSA) is 88.6 Å². The van der Waals surface area contributed by atoms with E-state index in [0.29, 0.717) is 5.76 Å². The van der Waals surface area contributed by atoms with Crippen LogP contribution in [0.1, 0.15) is 29.5 Å². The Hall–Kier alpha value is -2.57. The first-order chi connectivity index (χ1) is 10.0. The van der Waals surface area contributed by atoms with E-state index in [4.69, 9.17) is 9.52 Å². The van der Waals surface area contributed by atoms with Crippen LogP contribution < -0.4 is 10.5 Å². The van der Waals surface area contributed by atoms with Gasteiger partial charge in [-0.15, -0.1) is 0 Å². The third-order valence-electron chi connectivity index (χ3n) is 3.06. The van der Waals surface area contributed by atoms with Crippen LogP contribution in [0.25, 0.3) is 0 Å². The number of carbonyl (C=O) groups is 1. The second-order valence-corrected chi connectivity index (χ2v) is 4.74. The Bertz CT molecular complexity index is 690. The molecule has 1 N–H and O–H groups in total. The molecule has 112 valence electrons. The van der Waals surface area contributed by atoms with Crippen LogP contribution >= 0.6 is 0 Å². The highest BCUT2D eigenvalue weighted by Crippen LogP contribution is 2.10. The summed E-state index contributed by atoms with van der Waals surface area (Å²) >= 11 is 0. The van der Waals surface area contributed by atoms with Crippen molar-refractivity contribution in [2.45, 2.75) is 19.9 Å². The first-order valence-electron chi connectivity index (χ1n) is 6.60. The van der Waals surface area contributed by atoms with E-state index >= 15 is 0 Å². The van der Waals surface area contributed by atoms with Gasteiger partial charge in [0.2, 0.25) is 0 Å². The molecule has 0 fully saturated rings. The maximum Gasteiger partial charge on any atom is 0.338 e. The average Bonchev–Trinajstić information content (AvgIpc) is 2.90. The van der Waals surface area contributed by atoms with Crippen LogP contribution in [-0.4, -0.2) is 34.4 Å². The van der Waals surface area contributed by atoms with Gasteiger partial charge in [0.15, 0.2) is 0 Å². The van der Waals surface area contributed by atoms with Crippen molar-refractivity contribution in [2.24, 2.45) is 0 Å². The summed E-state index contributed by atoms with van der Waals surface area (Å²) in [5.41, 5.74) is 0.546. The molecule has 0 saturated carbocycles. The minimum absolute atomic E-state index is 0.0531. The van der Waals surface area contributed by atoms with Crippen molar-refractivity contribution in [3.63, 3.8) is 0 Å². The Morgan fingerprint density at radius 2 is 2.24 bits per heavy atom. The van der Waals surface area contributed by atoms with Gasteiger partial charge in [0.1, 0.15) is 18.6 Å². The quantitative estimate of drug-likeness (QED) is 0.866. The zero-order valence-electron chi connectivity index (χ0n) is 11.9. The summed E-state index contributed by atoms with van der Waals surface area (Å²) in [6.07, 6.45) is 3.73. The molecule has 0 aliphatic heterocycles. The summed E-state index contributed by atoms with van der Waals surface area (Å²) in [4.78, 5) is 24.7. The molecule has 0 aromatic carbocycles. The lowest BCUT2D eigenvalue weighted by atomic mass is 10.3. The molecule has 2 aromatic rings. The van der Waals surface area contributed by atoms with Crippen LogP contribution in [0.4, 0.5) is 5.69 Å². The Morgan fingerprint density at radius 3 is 2.81 bits per heavy atom. The van der Waals surface area contributed by atoms with Crippen molar-refractivity contribution in [3.05, 3.63) is 46.3 Å². The standard InChI is InChI=1S/C14H17N3O4/c1-3-4-16(2)11-6-13(18)17(15-7-11)8-12-5-10(9-21-12)14(19)20/h5-7,9H,3-4,8H2,1-2H3,(H,19,20). The van der Waals surface area contributed by atoms with E-state index in [2.05, 4.69) is 12.0 Å². The summed E-state index contributed by atoms with van der Waals surface area (Å²) in [6.45, 7) is 3.00. The summed E-state index contributed by atoms with van der Waals surface area (Å²) < 4.78 is 6.34. The number of aromatic nitrogens is 2. The number of hydrogen-bond donors (Lipinski definition) is 1. The minimum Gasteiger partial charge on any atom is -0.478 e. The predicted octanol–water partition coefficient (Wildman–Crippen LogP) is 1.43. The molecule has 0 saturated heterocycles. The van der Waals surface area contributed by atoms with Gasteiger partial charge in [0.05, 0.1) is 17.4 Å². The molecule has 7 nitrogen and oxygen atoms in total. The summed E-state index contributed by atoms with van der Waals surface area (Å²) in [5, 5.41) is 12.9. The maximum atomic E-state index is 12.0. The van der Waals surface area contributed by atoms with Crippen LogP contribution in [0, 0.1) is 0 Å². The number of rotatable bonds is 6. The number of aromatic carboxylic acids is 1. The Kier molecular flexibility index (Phi) is 4.42. The van der Waals surface area contributed by atoms with E-state index in [9.17, 15) is 9.59 Å². The minimum atomic E-state index is -1.07. The lowest BCUT2D eigenvalue weighted by Crippen LogP contribution is -2.26. The van der Waals surface area contributed by atoms with Gasteiger partial charge in [-0.3, -0.25) is 4.79 Å². The van der Waals surface area contributed by atoms with E-state index < -0.39 is 5.97 Å². The number of furan rings is 1. The normalized spacial score (nSPS) is 10.6. The lowest BCUT2D eigenvalue weighted by Gasteiger charge is -2.17. The van der Waals surface area contributed by atoms with Crippen LogP contribution in [0.3, 0.4) is 0 Å². The number of nitrogens with zero attached hydrogens (tertiary/aromatic N) is 3. The van der Waals surface area contributed by atoms with E-state index in [1.165, 1.54) is 16.8 Å². The van der Waals surface area contributed by atoms with Crippen molar-refractivity contribution in [1.82, 2.24) is 9.78 Å². The lowest BCUT2D eigenvalue weighted by molar-refractivity contribution is 0.0696. The van der Waals surface area contributed by atoms with Gasteiger partial charge in [-0.25, -0.2) is 9.48 Å².